The highest BCUT2D eigenvalue weighted by Gasteiger charge is 2.19. The maximum absolute atomic E-state index is 12.6. The van der Waals surface area contributed by atoms with Gasteiger partial charge in [-0.25, -0.2) is 19.9 Å². The Labute approximate surface area is 188 Å². The van der Waals surface area contributed by atoms with Gasteiger partial charge in [0.25, 0.3) is 5.56 Å². The molecule has 0 saturated heterocycles. The predicted molar refractivity (Wildman–Crippen MR) is 121 cm³/mol. The van der Waals surface area contributed by atoms with Crippen molar-refractivity contribution in [2.75, 3.05) is 17.7 Å². The number of pyridine rings is 2. The molecule has 0 aromatic carbocycles. The van der Waals surface area contributed by atoms with Crippen molar-refractivity contribution in [3.63, 3.8) is 0 Å². The molecule has 4 rings (SSSR count). The quantitative estimate of drug-likeness (QED) is 0.343. The second-order valence-corrected chi connectivity index (χ2v) is 6.92. The van der Waals surface area contributed by atoms with E-state index in [0.29, 0.717) is 52.3 Å². The Balaban J connectivity index is 1.73. The van der Waals surface area contributed by atoms with Gasteiger partial charge < -0.3 is 20.4 Å². The molecule has 168 valence electrons. The lowest BCUT2D eigenvalue weighted by atomic mass is 10.1. The number of ether oxygens (including phenoxy) is 1. The molecule has 0 unspecified atom stereocenters. The van der Waals surface area contributed by atoms with E-state index in [1.165, 1.54) is 19.5 Å². The number of aromatic amines is 1. The van der Waals surface area contributed by atoms with Gasteiger partial charge in [-0.1, -0.05) is 6.92 Å². The average molecular weight is 447 g/mol. The van der Waals surface area contributed by atoms with Gasteiger partial charge in [-0.05, 0) is 6.07 Å². The van der Waals surface area contributed by atoms with Crippen LogP contribution in [0, 0.1) is 0 Å². The van der Waals surface area contributed by atoms with Gasteiger partial charge in [0.15, 0.2) is 23.2 Å². The number of hydrogen-bond donors (Lipinski definition) is 3. The molecule has 0 aliphatic rings. The topological polar surface area (TPSA) is 153 Å². The minimum atomic E-state index is -0.319. The first-order valence-electron chi connectivity index (χ1n) is 9.99. The summed E-state index contributed by atoms with van der Waals surface area (Å²) in [5, 5.41) is 10.5. The Morgan fingerprint density at radius 2 is 1.97 bits per heavy atom. The largest absolute Gasteiger partial charge is 0.492 e. The van der Waals surface area contributed by atoms with Gasteiger partial charge in [-0.2, -0.15) is 5.10 Å². The first kappa shape index (κ1) is 21.6. The molecule has 0 bridgehead atoms. The summed E-state index contributed by atoms with van der Waals surface area (Å²) in [5.74, 6) is 1.98. The number of carbonyl (C=O) groups excluding carboxylic acids is 1. The number of H-pyrrole nitrogens is 1. The molecule has 33 heavy (non-hydrogen) atoms. The van der Waals surface area contributed by atoms with Crippen LogP contribution < -0.4 is 20.9 Å². The molecule has 4 aromatic rings. The summed E-state index contributed by atoms with van der Waals surface area (Å²) < 4.78 is 7.19. The van der Waals surface area contributed by atoms with Crippen molar-refractivity contribution < 1.29 is 9.53 Å². The van der Waals surface area contributed by atoms with Gasteiger partial charge in [-0.15, -0.1) is 0 Å². The van der Waals surface area contributed by atoms with Crippen molar-refractivity contribution in [3.8, 4) is 17.1 Å². The fourth-order valence-electron chi connectivity index (χ4n) is 3.09. The second kappa shape index (κ2) is 9.26. The molecule has 0 atom stereocenters. The molecule has 0 fully saturated rings. The van der Waals surface area contributed by atoms with E-state index in [4.69, 9.17) is 4.74 Å². The van der Waals surface area contributed by atoms with Crippen LogP contribution in [-0.4, -0.2) is 47.6 Å². The van der Waals surface area contributed by atoms with Crippen LogP contribution in [0.3, 0.4) is 0 Å². The smallest absolute Gasteiger partial charge is 0.266 e. The third kappa shape index (κ3) is 4.69. The summed E-state index contributed by atoms with van der Waals surface area (Å²) in [4.78, 5) is 43.3. The van der Waals surface area contributed by atoms with E-state index in [9.17, 15) is 9.59 Å². The molecule has 4 heterocycles. The number of aryl methyl sites for hydroxylation is 1. The van der Waals surface area contributed by atoms with Gasteiger partial charge in [0.05, 0.1) is 30.1 Å². The average Bonchev–Trinajstić information content (AvgIpc) is 3.26. The summed E-state index contributed by atoms with van der Waals surface area (Å²) in [6.45, 7) is 1.77. The highest BCUT2D eigenvalue weighted by atomic mass is 16.5. The molecule has 0 amide bonds. The van der Waals surface area contributed by atoms with Crippen molar-refractivity contribution in [3.05, 3.63) is 59.2 Å². The number of hydrogen-bond acceptors (Lipinski definition) is 10. The Morgan fingerprint density at radius 3 is 2.64 bits per heavy atom. The number of carbonyl (C=O) groups is 1. The monoisotopic (exact) mass is 447 g/mol. The molecule has 0 aliphatic carbocycles. The number of methoxy groups -OCH3 is 1. The molecule has 4 aromatic heterocycles. The van der Waals surface area contributed by atoms with Gasteiger partial charge in [0.2, 0.25) is 0 Å². The molecule has 0 aliphatic heterocycles. The summed E-state index contributed by atoms with van der Waals surface area (Å²) in [5.41, 5.74) is 1.19. The van der Waals surface area contributed by atoms with Crippen LogP contribution in [0.15, 0.2) is 48.0 Å². The molecular formula is C21H21N9O3. The van der Waals surface area contributed by atoms with E-state index in [1.54, 1.807) is 43.3 Å². The van der Waals surface area contributed by atoms with Crippen molar-refractivity contribution in [2.24, 2.45) is 7.05 Å². The van der Waals surface area contributed by atoms with Crippen molar-refractivity contribution >= 4 is 28.9 Å². The van der Waals surface area contributed by atoms with Crippen LogP contribution in [0.4, 0.5) is 23.1 Å². The summed E-state index contributed by atoms with van der Waals surface area (Å²) >= 11 is 0. The van der Waals surface area contributed by atoms with Crippen LogP contribution in [0.2, 0.25) is 0 Å². The number of Topliss-reactive ketones (excluding diaryl/α,β-unsaturated/α-hetero) is 1. The zero-order valence-corrected chi connectivity index (χ0v) is 18.2. The SMILES string of the molecule is CCC(=O)c1cnc(Nc2c[nH]c(=O)cn2)cc1Nc1nccc(-c2ncn(C)n2)c1OC. The standard InChI is InChI=1S/C21H21N9O3/c1-4-15(31)13-8-23-16(28-17-9-25-18(32)10-24-17)7-14(13)27-21-19(33-3)12(5-6-22-21)20-26-11-30(2)29-20/h5-11H,4H2,1-3H3,(H,25,32)(H2,22,23,24,27,28). The highest BCUT2D eigenvalue weighted by Crippen LogP contribution is 2.35. The van der Waals surface area contributed by atoms with Gasteiger partial charge in [-0.3, -0.25) is 14.3 Å². The lowest BCUT2D eigenvalue weighted by Gasteiger charge is -2.16. The first-order valence-corrected chi connectivity index (χ1v) is 9.99. The van der Waals surface area contributed by atoms with Crippen molar-refractivity contribution in [1.29, 1.82) is 0 Å². The Morgan fingerprint density at radius 1 is 1.15 bits per heavy atom. The Bertz CT molecular complexity index is 1340. The van der Waals surface area contributed by atoms with E-state index in [1.807, 2.05) is 0 Å². The number of anilines is 4. The molecular weight excluding hydrogens is 426 g/mol. The Kier molecular flexibility index (Phi) is 6.06. The summed E-state index contributed by atoms with van der Waals surface area (Å²) in [6, 6.07) is 3.40. The Hall–Kier alpha value is -4.61. The molecule has 12 heteroatoms. The fourth-order valence-corrected chi connectivity index (χ4v) is 3.09. The van der Waals surface area contributed by atoms with Crippen LogP contribution in [0.1, 0.15) is 23.7 Å². The summed E-state index contributed by atoms with van der Waals surface area (Å²) in [7, 11) is 3.29. The normalized spacial score (nSPS) is 10.6. The molecule has 12 nitrogen and oxygen atoms in total. The van der Waals surface area contributed by atoms with E-state index in [2.05, 4.69) is 40.7 Å². The summed E-state index contributed by atoms with van der Waals surface area (Å²) in [6.07, 6.45) is 7.54. The van der Waals surface area contributed by atoms with Crippen LogP contribution >= 0.6 is 0 Å². The number of rotatable bonds is 8. The molecule has 0 radical (unpaired) electrons. The lowest BCUT2D eigenvalue weighted by Crippen LogP contribution is -2.09. The lowest BCUT2D eigenvalue weighted by molar-refractivity contribution is 0.0988. The maximum atomic E-state index is 12.6. The van der Waals surface area contributed by atoms with Gasteiger partial charge in [0, 0.05) is 38.1 Å². The maximum Gasteiger partial charge on any atom is 0.266 e. The minimum Gasteiger partial charge on any atom is -0.492 e. The van der Waals surface area contributed by atoms with Crippen LogP contribution in [0.25, 0.3) is 11.4 Å². The van der Waals surface area contributed by atoms with Gasteiger partial charge in [0.1, 0.15) is 18.0 Å². The molecule has 3 N–H and O–H groups in total. The number of nitrogens with zero attached hydrogens (tertiary/aromatic N) is 6. The predicted octanol–water partition coefficient (Wildman–Crippen LogP) is 2.44. The van der Waals surface area contributed by atoms with E-state index < -0.39 is 0 Å². The van der Waals surface area contributed by atoms with Crippen LogP contribution in [-0.2, 0) is 7.05 Å². The van der Waals surface area contributed by atoms with E-state index >= 15 is 0 Å². The molecule has 0 spiro atoms. The zero-order chi connectivity index (χ0) is 23.4. The van der Waals surface area contributed by atoms with Crippen molar-refractivity contribution in [2.45, 2.75) is 13.3 Å². The third-order valence-corrected chi connectivity index (χ3v) is 4.66. The van der Waals surface area contributed by atoms with Gasteiger partial charge >= 0.3 is 0 Å². The fraction of sp³-hybridized carbons (Fsp3) is 0.190. The number of aromatic nitrogens is 7. The van der Waals surface area contributed by atoms with E-state index in [0.717, 1.165) is 6.20 Å². The number of nitrogens with one attached hydrogen (secondary N) is 3. The zero-order valence-electron chi connectivity index (χ0n) is 18.2. The second-order valence-electron chi connectivity index (χ2n) is 6.92. The number of ketones is 1. The third-order valence-electron chi connectivity index (χ3n) is 4.66. The van der Waals surface area contributed by atoms with Crippen LogP contribution in [0.5, 0.6) is 5.75 Å². The molecule has 0 saturated carbocycles. The highest BCUT2D eigenvalue weighted by molar-refractivity contribution is 6.02. The minimum absolute atomic E-state index is 0.0970. The van der Waals surface area contributed by atoms with Crippen molar-refractivity contribution in [1.82, 2.24) is 34.7 Å². The first-order chi connectivity index (χ1) is 16.0. The van der Waals surface area contributed by atoms with E-state index in [-0.39, 0.29) is 11.3 Å².